The largest absolute Gasteiger partial charge is 0.0726 e. The summed E-state index contributed by atoms with van der Waals surface area (Å²) in [6, 6.07) is 29.5. The summed E-state index contributed by atoms with van der Waals surface area (Å²) in [4.78, 5) is 0. The lowest BCUT2D eigenvalue weighted by molar-refractivity contribution is 0.710. The minimum atomic E-state index is -0.497. The van der Waals surface area contributed by atoms with Gasteiger partial charge >= 0.3 is 0 Å². The average Bonchev–Trinajstić information content (AvgIpc) is 3.70. The molecule has 0 nitrogen and oxygen atoms in total. The van der Waals surface area contributed by atoms with E-state index in [4.69, 9.17) is 0 Å². The van der Waals surface area contributed by atoms with Gasteiger partial charge in [0.15, 0.2) is 0 Å². The molecule has 8 rings (SSSR count). The van der Waals surface area contributed by atoms with Gasteiger partial charge in [0.05, 0.1) is 5.41 Å². The molecule has 1 spiro atoms. The molecule has 0 unspecified atom stereocenters. The van der Waals surface area contributed by atoms with Gasteiger partial charge in [0.2, 0.25) is 0 Å². The van der Waals surface area contributed by atoms with Gasteiger partial charge in [-0.3, -0.25) is 0 Å². The predicted octanol–water partition coefficient (Wildman–Crippen LogP) is 10.1. The molecule has 0 amide bonds. The SMILES string of the molecule is [2H]C1(c2ccc3c(c2)C2(c4ccccc4-c4ccc(Br)cc42)c2cc(C4([2H])CCCC4)ccc2-3)CCCC1. The molecule has 0 bridgehead atoms. The Morgan fingerprint density at radius 2 is 1.03 bits per heavy atom. The molecule has 0 aromatic heterocycles. The van der Waals surface area contributed by atoms with Crippen LogP contribution in [0.1, 0.15) is 99.3 Å². The molecule has 0 saturated heterocycles. The number of halogens is 1. The lowest BCUT2D eigenvalue weighted by Gasteiger charge is -2.31. The van der Waals surface area contributed by atoms with Crippen LogP contribution >= 0.6 is 15.9 Å². The predicted molar refractivity (Wildman–Crippen MR) is 153 cm³/mol. The first-order valence-corrected chi connectivity index (χ1v) is 14.4. The van der Waals surface area contributed by atoms with Crippen LogP contribution in [-0.4, -0.2) is 0 Å². The topological polar surface area (TPSA) is 0 Å². The summed E-state index contributed by atoms with van der Waals surface area (Å²) in [6.07, 6.45) is 8.32. The summed E-state index contributed by atoms with van der Waals surface area (Å²) < 4.78 is 19.8. The van der Waals surface area contributed by atoms with E-state index in [9.17, 15) is 2.74 Å². The third-order valence-electron chi connectivity index (χ3n) is 9.37. The molecule has 0 N–H and O–H groups in total. The van der Waals surface area contributed by atoms with Crippen molar-refractivity contribution in [3.05, 3.63) is 117 Å². The highest BCUT2D eigenvalue weighted by Crippen LogP contribution is 2.63. The van der Waals surface area contributed by atoms with Gasteiger partial charge in [0.1, 0.15) is 0 Å². The molecule has 36 heavy (non-hydrogen) atoms. The Morgan fingerprint density at radius 1 is 0.556 bits per heavy atom. The first kappa shape index (κ1) is 19.5. The van der Waals surface area contributed by atoms with Gasteiger partial charge < -0.3 is 0 Å². The van der Waals surface area contributed by atoms with Gasteiger partial charge in [0.25, 0.3) is 0 Å². The van der Waals surface area contributed by atoms with Crippen LogP contribution in [0.15, 0.2) is 83.3 Å². The van der Waals surface area contributed by atoms with Crippen LogP contribution in [-0.2, 0) is 5.41 Å². The molecular weight excluding hydrogens is 500 g/mol. The minimum Gasteiger partial charge on any atom is -0.0619 e. The normalized spacial score (nSPS) is 22.0. The quantitative estimate of drug-likeness (QED) is 0.208. The molecule has 0 atom stereocenters. The van der Waals surface area contributed by atoms with Crippen molar-refractivity contribution in [1.82, 2.24) is 0 Å². The van der Waals surface area contributed by atoms with Crippen molar-refractivity contribution in [2.75, 3.05) is 0 Å². The maximum absolute atomic E-state index is 9.37. The Bertz CT molecular complexity index is 1550. The number of rotatable bonds is 2. The van der Waals surface area contributed by atoms with Crippen LogP contribution < -0.4 is 0 Å². The Hall–Kier alpha value is -2.64. The van der Waals surface area contributed by atoms with E-state index in [0.29, 0.717) is 0 Å². The molecule has 2 fully saturated rings. The zero-order valence-electron chi connectivity index (χ0n) is 22.5. The third-order valence-corrected chi connectivity index (χ3v) is 9.87. The van der Waals surface area contributed by atoms with Crippen LogP contribution in [0.3, 0.4) is 0 Å². The van der Waals surface area contributed by atoms with Crippen molar-refractivity contribution >= 4 is 15.9 Å². The molecule has 0 aliphatic heterocycles. The molecular formula is C35H31Br. The minimum absolute atomic E-state index is 0.434. The Morgan fingerprint density at radius 3 is 1.61 bits per heavy atom. The van der Waals surface area contributed by atoms with E-state index in [1.54, 1.807) is 0 Å². The zero-order chi connectivity index (χ0) is 25.7. The third kappa shape index (κ3) is 2.81. The second-order valence-electron chi connectivity index (χ2n) is 11.1. The number of fused-ring (bicyclic) bond motifs is 10. The van der Waals surface area contributed by atoms with E-state index in [0.717, 1.165) is 67.0 Å². The van der Waals surface area contributed by atoms with E-state index < -0.39 is 17.2 Å². The molecule has 2 saturated carbocycles. The van der Waals surface area contributed by atoms with E-state index in [1.165, 1.54) is 44.5 Å². The molecule has 4 aliphatic rings. The molecule has 178 valence electrons. The average molecular weight is 534 g/mol. The standard InChI is InChI=1S/C35H31Br/c36-26-15-18-30-27-11-5-6-12-31(27)35(34(30)21-26)32-19-24(22-7-1-2-8-22)13-16-28(32)29-17-14-25(20-33(29)35)23-9-3-4-10-23/h5-6,11-23H,1-4,7-10H2/i22D,23D. The van der Waals surface area contributed by atoms with Crippen LogP contribution in [0.4, 0.5) is 0 Å². The lowest BCUT2D eigenvalue weighted by Crippen LogP contribution is -2.26. The van der Waals surface area contributed by atoms with Gasteiger partial charge in [-0.15, -0.1) is 0 Å². The van der Waals surface area contributed by atoms with Crippen LogP contribution in [0.2, 0.25) is 0 Å². The summed E-state index contributed by atoms with van der Waals surface area (Å²) in [5.74, 6) is -0.993. The summed E-state index contributed by atoms with van der Waals surface area (Å²) in [5, 5.41) is 0. The van der Waals surface area contributed by atoms with E-state index in [-0.39, 0.29) is 0 Å². The highest BCUT2D eigenvalue weighted by Gasteiger charge is 2.52. The highest BCUT2D eigenvalue weighted by atomic mass is 79.9. The Kier molecular flexibility index (Phi) is 4.29. The van der Waals surface area contributed by atoms with Gasteiger partial charge in [0, 0.05) is 7.21 Å². The molecule has 1 heteroatoms. The molecule has 0 radical (unpaired) electrons. The van der Waals surface area contributed by atoms with Gasteiger partial charge in [-0.2, -0.15) is 0 Å². The maximum atomic E-state index is 9.37. The van der Waals surface area contributed by atoms with Crippen molar-refractivity contribution in [2.24, 2.45) is 0 Å². The first-order chi connectivity index (χ1) is 18.4. The number of hydrogen-bond donors (Lipinski definition) is 0. The Labute approximate surface area is 225 Å². The Balaban J connectivity index is 1.48. The second kappa shape index (κ2) is 7.93. The van der Waals surface area contributed by atoms with E-state index in [2.05, 4.69) is 94.8 Å². The molecule has 0 heterocycles. The number of hydrogen-bond acceptors (Lipinski definition) is 0. The highest BCUT2D eigenvalue weighted by molar-refractivity contribution is 9.10. The maximum Gasteiger partial charge on any atom is 0.0726 e. The second-order valence-corrected chi connectivity index (χ2v) is 12.0. The van der Waals surface area contributed by atoms with Crippen molar-refractivity contribution in [3.63, 3.8) is 0 Å². The summed E-state index contributed by atoms with van der Waals surface area (Å²) >= 11 is 3.81. The summed E-state index contributed by atoms with van der Waals surface area (Å²) in [5.41, 5.74) is 12.3. The molecule has 4 aromatic rings. The number of benzene rings is 4. The zero-order valence-corrected chi connectivity index (χ0v) is 22.1. The van der Waals surface area contributed by atoms with Crippen molar-refractivity contribution in [1.29, 1.82) is 0 Å². The fourth-order valence-corrected chi connectivity index (χ4v) is 8.14. The lowest BCUT2D eigenvalue weighted by atomic mass is 9.69. The summed E-state index contributed by atoms with van der Waals surface area (Å²) in [6.45, 7) is 0. The summed E-state index contributed by atoms with van der Waals surface area (Å²) in [7, 11) is 0. The monoisotopic (exact) mass is 532 g/mol. The molecule has 4 aliphatic carbocycles. The van der Waals surface area contributed by atoms with Crippen LogP contribution in [0.25, 0.3) is 22.3 Å². The van der Waals surface area contributed by atoms with Crippen molar-refractivity contribution in [2.45, 2.75) is 68.6 Å². The smallest absolute Gasteiger partial charge is 0.0619 e. The van der Waals surface area contributed by atoms with Gasteiger partial charge in [-0.05, 0) is 105 Å². The van der Waals surface area contributed by atoms with Gasteiger partial charge in [-0.1, -0.05) is 108 Å². The van der Waals surface area contributed by atoms with E-state index >= 15 is 0 Å². The van der Waals surface area contributed by atoms with E-state index in [1.807, 2.05) is 0 Å². The fraction of sp³-hybridized carbons (Fsp3) is 0.314. The fourth-order valence-electron chi connectivity index (χ4n) is 7.78. The van der Waals surface area contributed by atoms with Crippen LogP contribution in [0.5, 0.6) is 0 Å². The van der Waals surface area contributed by atoms with Crippen molar-refractivity contribution < 1.29 is 2.74 Å². The van der Waals surface area contributed by atoms with Crippen LogP contribution in [0, 0.1) is 0 Å². The van der Waals surface area contributed by atoms with Crippen molar-refractivity contribution in [3.8, 4) is 22.3 Å². The first-order valence-electron chi connectivity index (χ1n) is 14.6. The van der Waals surface area contributed by atoms with Gasteiger partial charge in [-0.25, -0.2) is 0 Å². The molecule has 4 aromatic carbocycles.